The molecule has 1 fully saturated rings. The summed E-state index contributed by atoms with van der Waals surface area (Å²) in [6, 6.07) is 4.84. The topological polar surface area (TPSA) is 44.5 Å². The van der Waals surface area contributed by atoms with Gasteiger partial charge in [-0.05, 0) is 39.2 Å². The maximum atomic E-state index is 14.0. The number of halogens is 2. The van der Waals surface area contributed by atoms with Gasteiger partial charge in [0, 0.05) is 12.1 Å². The fourth-order valence-electron chi connectivity index (χ4n) is 2.05. The lowest BCUT2D eigenvalue weighted by molar-refractivity contribution is 0.00578. The Morgan fingerprint density at radius 3 is 2.38 bits per heavy atom. The third-order valence-electron chi connectivity index (χ3n) is 4.11. The van der Waals surface area contributed by atoms with Crippen LogP contribution in [-0.4, -0.2) is 24.9 Å². The standard InChI is InChI=1S/C15H20BClFNO2/c1-14(2)15(3,4)21-16(20-14)11(9-19)8-10-6-5-7-12(17)13(10)18/h5-8H,9,19H2,1-4H3. The van der Waals surface area contributed by atoms with Gasteiger partial charge >= 0.3 is 7.12 Å². The number of nitrogens with two attached hydrogens (primary N) is 1. The van der Waals surface area contributed by atoms with Crippen LogP contribution in [0.15, 0.2) is 23.7 Å². The van der Waals surface area contributed by atoms with Crippen molar-refractivity contribution in [3.05, 3.63) is 40.1 Å². The average Bonchev–Trinajstić information content (AvgIpc) is 2.60. The van der Waals surface area contributed by atoms with Gasteiger partial charge in [0.05, 0.1) is 16.2 Å². The Labute approximate surface area is 130 Å². The van der Waals surface area contributed by atoms with Crippen molar-refractivity contribution in [1.29, 1.82) is 0 Å². The SMILES string of the molecule is CC1(C)OB(C(=Cc2cccc(Cl)c2F)CN)OC1(C)C. The van der Waals surface area contributed by atoms with Gasteiger partial charge in [-0.15, -0.1) is 0 Å². The Morgan fingerprint density at radius 1 is 1.29 bits per heavy atom. The monoisotopic (exact) mass is 311 g/mol. The molecule has 0 amide bonds. The third kappa shape index (κ3) is 3.16. The Morgan fingerprint density at radius 2 is 1.86 bits per heavy atom. The van der Waals surface area contributed by atoms with Gasteiger partial charge in [-0.2, -0.15) is 0 Å². The van der Waals surface area contributed by atoms with Crippen molar-refractivity contribution in [3.63, 3.8) is 0 Å². The summed E-state index contributed by atoms with van der Waals surface area (Å²) in [6.45, 7) is 8.05. The van der Waals surface area contributed by atoms with Gasteiger partial charge in [-0.25, -0.2) is 4.39 Å². The molecular formula is C15H20BClFNO2. The van der Waals surface area contributed by atoms with Crippen LogP contribution < -0.4 is 5.73 Å². The van der Waals surface area contributed by atoms with Crippen molar-refractivity contribution in [2.24, 2.45) is 5.73 Å². The van der Waals surface area contributed by atoms with Crippen molar-refractivity contribution in [2.75, 3.05) is 6.54 Å². The molecule has 0 aromatic heterocycles. The predicted octanol–water partition coefficient (Wildman–Crippen LogP) is 3.45. The second kappa shape index (κ2) is 5.73. The van der Waals surface area contributed by atoms with Crippen LogP contribution in [0, 0.1) is 5.82 Å². The van der Waals surface area contributed by atoms with E-state index in [0.717, 1.165) is 0 Å². The molecular weight excluding hydrogens is 291 g/mol. The van der Waals surface area contributed by atoms with Crippen molar-refractivity contribution in [1.82, 2.24) is 0 Å². The molecule has 1 saturated heterocycles. The van der Waals surface area contributed by atoms with E-state index in [1.54, 1.807) is 18.2 Å². The molecule has 2 N–H and O–H groups in total. The molecule has 1 aromatic rings. The lowest BCUT2D eigenvalue weighted by atomic mass is 9.77. The Bertz CT molecular complexity index is 559. The molecule has 6 heteroatoms. The van der Waals surface area contributed by atoms with E-state index in [4.69, 9.17) is 26.6 Å². The summed E-state index contributed by atoms with van der Waals surface area (Å²) >= 11 is 5.79. The van der Waals surface area contributed by atoms with Crippen LogP contribution in [0.1, 0.15) is 33.3 Å². The van der Waals surface area contributed by atoms with Gasteiger partial charge in [0.15, 0.2) is 0 Å². The van der Waals surface area contributed by atoms with Crippen LogP contribution in [0.5, 0.6) is 0 Å². The van der Waals surface area contributed by atoms with E-state index in [9.17, 15) is 4.39 Å². The zero-order chi connectivity index (χ0) is 15.8. The Balaban J connectivity index is 2.33. The fourth-order valence-corrected chi connectivity index (χ4v) is 2.23. The maximum Gasteiger partial charge on any atom is 0.491 e. The smallest absolute Gasteiger partial charge is 0.400 e. The van der Waals surface area contributed by atoms with E-state index < -0.39 is 24.1 Å². The molecule has 0 bridgehead atoms. The molecule has 0 unspecified atom stereocenters. The van der Waals surface area contributed by atoms with Crippen LogP contribution in [0.2, 0.25) is 5.02 Å². The van der Waals surface area contributed by atoms with Crippen LogP contribution in [0.25, 0.3) is 6.08 Å². The molecule has 1 aromatic carbocycles. The summed E-state index contributed by atoms with van der Waals surface area (Å²) in [6.07, 6.45) is 1.64. The molecule has 0 aliphatic carbocycles. The minimum absolute atomic E-state index is 0.0778. The van der Waals surface area contributed by atoms with E-state index in [1.165, 1.54) is 6.07 Å². The first-order valence-electron chi connectivity index (χ1n) is 6.88. The number of hydrogen-bond acceptors (Lipinski definition) is 3. The first-order chi connectivity index (χ1) is 9.68. The number of benzene rings is 1. The minimum Gasteiger partial charge on any atom is -0.400 e. The summed E-state index contributed by atoms with van der Waals surface area (Å²) in [7, 11) is -0.585. The van der Waals surface area contributed by atoms with Crippen LogP contribution in [0.4, 0.5) is 4.39 Å². The highest BCUT2D eigenvalue weighted by atomic mass is 35.5. The zero-order valence-electron chi connectivity index (χ0n) is 12.7. The second-order valence-corrected chi connectivity index (χ2v) is 6.56. The van der Waals surface area contributed by atoms with Crippen LogP contribution in [-0.2, 0) is 9.31 Å². The summed E-state index contributed by atoms with van der Waals surface area (Å²) < 4.78 is 25.9. The molecule has 2 rings (SSSR count). The van der Waals surface area contributed by atoms with E-state index >= 15 is 0 Å². The first kappa shape index (κ1) is 16.5. The highest BCUT2D eigenvalue weighted by Crippen LogP contribution is 2.38. The van der Waals surface area contributed by atoms with Gasteiger partial charge in [-0.1, -0.05) is 29.8 Å². The van der Waals surface area contributed by atoms with Crippen molar-refractivity contribution in [3.8, 4) is 0 Å². The molecule has 1 aliphatic rings. The summed E-state index contributed by atoms with van der Waals surface area (Å²) in [5, 5.41) is 0.0778. The minimum atomic E-state index is -0.585. The van der Waals surface area contributed by atoms with Crippen molar-refractivity contribution >= 4 is 24.8 Å². The van der Waals surface area contributed by atoms with Crippen molar-refractivity contribution < 1.29 is 13.7 Å². The molecule has 3 nitrogen and oxygen atoms in total. The highest BCUT2D eigenvalue weighted by Gasteiger charge is 2.52. The largest absolute Gasteiger partial charge is 0.491 e. The molecule has 1 heterocycles. The summed E-state index contributed by atoms with van der Waals surface area (Å²) in [5.41, 5.74) is 5.91. The van der Waals surface area contributed by atoms with Gasteiger partial charge < -0.3 is 15.0 Å². The number of rotatable bonds is 3. The molecule has 0 atom stereocenters. The molecule has 0 saturated carbocycles. The lowest BCUT2D eigenvalue weighted by Crippen LogP contribution is -2.41. The van der Waals surface area contributed by atoms with Gasteiger partial charge in [-0.3, -0.25) is 0 Å². The van der Waals surface area contributed by atoms with E-state index in [1.807, 2.05) is 27.7 Å². The normalized spacial score (nSPS) is 20.9. The predicted molar refractivity (Wildman–Crippen MR) is 84.5 cm³/mol. The maximum absolute atomic E-state index is 14.0. The van der Waals surface area contributed by atoms with Gasteiger partial charge in [0.25, 0.3) is 0 Å². The molecule has 1 aliphatic heterocycles. The summed E-state index contributed by atoms with van der Waals surface area (Å²) in [5.74, 6) is -0.471. The molecule has 21 heavy (non-hydrogen) atoms. The molecule has 0 radical (unpaired) electrons. The molecule has 0 spiro atoms. The lowest BCUT2D eigenvalue weighted by Gasteiger charge is -2.32. The quantitative estimate of drug-likeness (QED) is 0.870. The second-order valence-electron chi connectivity index (χ2n) is 6.15. The molecule has 114 valence electrons. The van der Waals surface area contributed by atoms with Gasteiger partial charge in [0.1, 0.15) is 5.82 Å². The summed E-state index contributed by atoms with van der Waals surface area (Å²) in [4.78, 5) is 0. The first-order valence-corrected chi connectivity index (χ1v) is 7.26. The fraction of sp³-hybridized carbons (Fsp3) is 0.467. The van der Waals surface area contributed by atoms with E-state index in [-0.39, 0.29) is 11.6 Å². The Kier molecular flexibility index (Phi) is 4.50. The Hall–Kier alpha value is -0.875. The van der Waals surface area contributed by atoms with Crippen LogP contribution in [0.3, 0.4) is 0 Å². The average molecular weight is 312 g/mol. The highest BCUT2D eigenvalue weighted by molar-refractivity contribution is 6.55. The van der Waals surface area contributed by atoms with Crippen molar-refractivity contribution in [2.45, 2.75) is 38.9 Å². The van der Waals surface area contributed by atoms with E-state index in [2.05, 4.69) is 0 Å². The number of hydrogen-bond donors (Lipinski definition) is 1. The third-order valence-corrected chi connectivity index (χ3v) is 4.41. The van der Waals surface area contributed by atoms with E-state index in [0.29, 0.717) is 11.0 Å². The zero-order valence-corrected chi connectivity index (χ0v) is 13.5. The van der Waals surface area contributed by atoms with Crippen LogP contribution >= 0.6 is 11.6 Å². The van der Waals surface area contributed by atoms with Gasteiger partial charge in [0.2, 0.25) is 0 Å².